The van der Waals surface area contributed by atoms with Gasteiger partial charge in [-0.05, 0) is 117 Å². The standard InChI is InChI=1S/C49H39OS2/c1-48(2)43-18-12-11-17-39(43)42-28-25-38(31-46(42)48)52(36-15-9-6-10-16-36)37-23-20-34(21-24-37)51-35-22-27-41-40-26-19-33(47(50)32-13-7-5-8-14-32)29-44(40)49(3,4)45(41)30-35/h5-31H,1-4H3/q+1. The molecule has 7 aromatic carbocycles. The highest BCUT2D eigenvalue weighted by molar-refractivity contribution is 7.99. The predicted molar refractivity (Wildman–Crippen MR) is 217 cm³/mol. The third kappa shape index (κ3) is 5.38. The van der Waals surface area contributed by atoms with Crippen LogP contribution in [0, 0.1) is 0 Å². The number of ketones is 1. The lowest BCUT2D eigenvalue weighted by atomic mass is 9.81. The van der Waals surface area contributed by atoms with Gasteiger partial charge in [-0.15, -0.1) is 0 Å². The number of benzene rings is 7. The second kappa shape index (κ2) is 12.5. The van der Waals surface area contributed by atoms with Gasteiger partial charge in [0.05, 0.1) is 10.9 Å². The lowest BCUT2D eigenvalue weighted by Gasteiger charge is -2.22. The Labute approximate surface area is 314 Å². The van der Waals surface area contributed by atoms with Crippen molar-refractivity contribution in [1.82, 2.24) is 0 Å². The molecule has 3 heteroatoms. The highest BCUT2D eigenvalue weighted by Gasteiger charge is 2.39. The van der Waals surface area contributed by atoms with Crippen molar-refractivity contribution in [3.8, 4) is 22.3 Å². The fraction of sp³-hybridized carbons (Fsp3) is 0.122. The molecule has 252 valence electrons. The van der Waals surface area contributed by atoms with Crippen LogP contribution in [0.3, 0.4) is 0 Å². The summed E-state index contributed by atoms with van der Waals surface area (Å²) in [6.07, 6.45) is 0. The Balaban J connectivity index is 1.00. The average molecular weight is 708 g/mol. The third-order valence-corrected chi connectivity index (χ3v) is 14.2. The Kier molecular flexibility index (Phi) is 7.91. The summed E-state index contributed by atoms with van der Waals surface area (Å²) in [5.41, 5.74) is 11.7. The van der Waals surface area contributed by atoms with E-state index in [-0.39, 0.29) is 27.5 Å². The quantitative estimate of drug-likeness (QED) is 0.121. The zero-order chi connectivity index (χ0) is 35.6. The summed E-state index contributed by atoms with van der Waals surface area (Å²) in [5, 5.41) is 0. The summed E-state index contributed by atoms with van der Waals surface area (Å²) in [6.45, 7) is 9.27. The van der Waals surface area contributed by atoms with Gasteiger partial charge in [0.2, 0.25) is 0 Å². The Morgan fingerprint density at radius 3 is 1.65 bits per heavy atom. The smallest absolute Gasteiger partial charge is 0.193 e. The van der Waals surface area contributed by atoms with Crippen molar-refractivity contribution in [3.05, 3.63) is 197 Å². The lowest BCUT2D eigenvalue weighted by molar-refractivity contribution is 0.103. The van der Waals surface area contributed by atoms with Crippen molar-refractivity contribution in [2.24, 2.45) is 0 Å². The molecule has 0 aliphatic heterocycles. The molecule has 9 rings (SSSR count). The molecule has 0 radical (unpaired) electrons. The number of hydrogen-bond acceptors (Lipinski definition) is 2. The molecule has 2 aliphatic carbocycles. The first-order valence-electron chi connectivity index (χ1n) is 17.9. The molecule has 1 unspecified atom stereocenters. The van der Waals surface area contributed by atoms with Crippen LogP contribution >= 0.6 is 11.8 Å². The van der Waals surface area contributed by atoms with Gasteiger partial charge in [-0.25, -0.2) is 0 Å². The maximum absolute atomic E-state index is 13.3. The number of rotatable bonds is 7. The molecule has 0 fully saturated rings. The van der Waals surface area contributed by atoms with Gasteiger partial charge in [-0.2, -0.15) is 0 Å². The van der Waals surface area contributed by atoms with Crippen molar-refractivity contribution >= 4 is 28.4 Å². The summed E-state index contributed by atoms with van der Waals surface area (Å²) in [7, 11) is -0.244. The minimum absolute atomic E-state index is 0.0399. The van der Waals surface area contributed by atoms with E-state index in [2.05, 4.69) is 155 Å². The second-order valence-corrected chi connectivity index (χ2v) is 18.0. The first-order chi connectivity index (χ1) is 25.2. The summed E-state index contributed by atoms with van der Waals surface area (Å²) in [6, 6.07) is 58.8. The molecule has 52 heavy (non-hydrogen) atoms. The molecule has 0 heterocycles. The molecule has 1 nitrogen and oxygen atoms in total. The first kappa shape index (κ1) is 32.8. The largest absolute Gasteiger partial charge is 0.289 e. The number of carbonyl (C=O) groups excluding carboxylic acids is 1. The summed E-state index contributed by atoms with van der Waals surface area (Å²) >= 11 is 1.81. The van der Waals surface area contributed by atoms with Crippen molar-refractivity contribution < 1.29 is 4.79 Å². The minimum atomic E-state index is -0.244. The maximum atomic E-state index is 13.3. The fourth-order valence-corrected chi connectivity index (χ4v) is 11.2. The normalized spacial score (nSPS) is 14.9. The monoisotopic (exact) mass is 707 g/mol. The predicted octanol–water partition coefficient (Wildman–Crippen LogP) is 12.8. The van der Waals surface area contributed by atoms with Gasteiger partial charge in [0, 0.05) is 31.7 Å². The molecular weight excluding hydrogens is 669 g/mol. The first-order valence-corrected chi connectivity index (χ1v) is 20.0. The summed E-state index contributed by atoms with van der Waals surface area (Å²) in [4.78, 5) is 19.7. The van der Waals surface area contributed by atoms with Crippen molar-refractivity contribution in [1.29, 1.82) is 0 Å². The average Bonchev–Trinajstić information content (AvgIpc) is 3.55. The Hall–Kier alpha value is -5.09. The van der Waals surface area contributed by atoms with E-state index in [0.717, 1.165) is 11.1 Å². The van der Waals surface area contributed by atoms with Crippen LogP contribution in [0.1, 0.15) is 65.9 Å². The Morgan fingerprint density at radius 1 is 0.423 bits per heavy atom. The second-order valence-electron chi connectivity index (χ2n) is 14.9. The van der Waals surface area contributed by atoms with E-state index < -0.39 is 0 Å². The Morgan fingerprint density at radius 2 is 0.923 bits per heavy atom. The molecule has 0 amide bonds. The van der Waals surface area contributed by atoms with E-state index in [0.29, 0.717) is 0 Å². The minimum Gasteiger partial charge on any atom is -0.289 e. The zero-order valence-corrected chi connectivity index (χ0v) is 31.4. The SMILES string of the molecule is CC1(C)c2cc(Sc3ccc([S+](c4ccccc4)c4ccc5c(c4)C(C)(C)c4ccccc4-5)cc3)ccc2-c2ccc(C(=O)c3ccccc3)cc21. The van der Waals surface area contributed by atoms with Crippen molar-refractivity contribution in [3.63, 3.8) is 0 Å². The van der Waals surface area contributed by atoms with Crippen LogP contribution in [0.15, 0.2) is 188 Å². The van der Waals surface area contributed by atoms with Gasteiger partial charge in [0.15, 0.2) is 20.5 Å². The molecule has 2 aliphatic rings. The molecule has 7 aromatic rings. The molecule has 0 saturated heterocycles. The zero-order valence-electron chi connectivity index (χ0n) is 29.8. The lowest BCUT2D eigenvalue weighted by Crippen LogP contribution is -2.16. The Bertz CT molecular complexity index is 2490. The van der Waals surface area contributed by atoms with Gasteiger partial charge in [-0.1, -0.05) is 130 Å². The van der Waals surface area contributed by atoms with E-state index >= 15 is 0 Å². The molecule has 0 aromatic heterocycles. The topological polar surface area (TPSA) is 17.1 Å². The summed E-state index contributed by atoms with van der Waals surface area (Å²) < 4.78 is 0. The van der Waals surface area contributed by atoms with Gasteiger partial charge in [-0.3, -0.25) is 4.79 Å². The van der Waals surface area contributed by atoms with Gasteiger partial charge >= 0.3 is 0 Å². The fourth-order valence-electron chi connectivity index (χ4n) is 8.23. The van der Waals surface area contributed by atoms with E-state index in [9.17, 15) is 4.79 Å². The van der Waals surface area contributed by atoms with Crippen LogP contribution in [0.25, 0.3) is 22.3 Å². The van der Waals surface area contributed by atoms with Crippen LogP contribution in [0.2, 0.25) is 0 Å². The molecular formula is C49H39OS2+. The van der Waals surface area contributed by atoms with Crippen LogP contribution < -0.4 is 0 Å². The van der Waals surface area contributed by atoms with Crippen LogP contribution in [-0.2, 0) is 21.7 Å². The highest BCUT2D eigenvalue weighted by Crippen LogP contribution is 2.51. The molecule has 1 atom stereocenters. The van der Waals surface area contributed by atoms with E-state index in [1.165, 1.54) is 69.0 Å². The van der Waals surface area contributed by atoms with Gasteiger partial charge < -0.3 is 0 Å². The summed E-state index contributed by atoms with van der Waals surface area (Å²) in [5.74, 6) is 0.0653. The number of fused-ring (bicyclic) bond motifs is 6. The number of carbonyl (C=O) groups is 1. The van der Waals surface area contributed by atoms with Gasteiger partial charge in [0.25, 0.3) is 0 Å². The van der Waals surface area contributed by atoms with Crippen molar-refractivity contribution in [2.45, 2.75) is 63.0 Å². The van der Waals surface area contributed by atoms with Crippen LogP contribution in [-0.4, -0.2) is 5.78 Å². The third-order valence-electron chi connectivity index (χ3n) is 11.0. The molecule has 0 bridgehead atoms. The number of hydrogen-bond donors (Lipinski definition) is 0. The molecule has 0 saturated carbocycles. The van der Waals surface area contributed by atoms with Crippen LogP contribution in [0.5, 0.6) is 0 Å². The maximum Gasteiger partial charge on any atom is 0.193 e. The van der Waals surface area contributed by atoms with Crippen molar-refractivity contribution in [2.75, 3.05) is 0 Å². The van der Waals surface area contributed by atoms with E-state index in [4.69, 9.17) is 0 Å². The molecule has 0 spiro atoms. The van der Waals surface area contributed by atoms with Crippen LogP contribution in [0.4, 0.5) is 0 Å². The van der Waals surface area contributed by atoms with Gasteiger partial charge in [0.1, 0.15) is 0 Å². The van der Waals surface area contributed by atoms with E-state index in [1.807, 2.05) is 48.2 Å². The van der Waals surface area contributed by atoms with E-state index in [1.54, 1.807) is 0 Å². The highest BCUT2D eigenvalue weighted by atomic mass is 32.2. The molecule has 0 N–H and O–H groups in total.